The number of benzene rings is 1. The van der Waals surface area contributed by atoms with Crippen LogP contribution in [0.1, 0.15) is 18.4 Å². The van der Waals surface area contributed by atoms with Crippen molar-refractivity contribution in [1.82, 2.24) is 4.90 Å². The van der Waals surface area contributed by atoms with Crippen molar-refractivity contribution in [2.75, 3.05) is 11.9 Å². The van der Waals surface area contributed by atoms with Crippen LogP contribution in [0.4, 0.5) is 5.69 Å². The van der Waals surface area contributed by atoms with Crippen LogP contribution in [0, 0.1) is 30.6 Å². The molecule has 1 aromatic rings. The van der Waals surface area contributed by atoms with E-state index in [9.17, 15) is 14.4 Å². The van der Waals surface area contributed by atoms with E-state index >= 15 is 0 Å². The molecule has 1 aliphatic heterocycles. The van der Waals surface area contributed by atoms with Crippen molar-refractivity contribution in [3.8, 4) is 0 Å². The Kier molecular flexibility index (Phi) is 3.52. The molecule has 5 nitrogen and oxygen atoms in total. The zero-order valence-corrected chi connectivity index (χ0v) is 13.6. The summed E-state index contributed by atoms with van der Waals surface area (Å²) in [6, 6.07) is 7.53. The number of carbonyl (C=O) groups is 3. The van der Waals surface area contributed by atoms with Crippen molar-refractivity contribution in [1.29, 1.82) is 0 Å². The molecule has 1 saturated carbocycles. The SMILES string of the molecule is Cc1ccc(NC(=O)CCN2C(=O)[C@@H]3[C@H](C2=O)[C@@H]2C=C[C@H]3C2)cc1. The first-order valence-electron chi connectivity index (χ1n) is 8.44. The maximum absolute atomic E-state index is 12.5. The molecule has 5 heteroatoms. The van der Waals surface area contributed by atoms with Crippen LogP contribution in [0.25, 0.3) is 0 Å². The number of hydrogen-bond acceptors (Lipinski definition) is 3. The Labute approximate surface area is 140 Å². The first-order chi connectivity index (χ1) is 11.5. The normalized spacial score (nSPS) is 30.1. The van der Waals surface area contributed by atoms with Crippen LogP contribution in [-0.2, 0) is 14.4 Å². The predicted molar refractivity (Wildman–Crippen MR) is 88.9 cm³/mol. The molecule has 1 aromatic carbocycles. The topological polar surface area (TPSA) is 66.5 Å². The zero-order valence-electron chi connectivity index (χ0n) is 13.6. The number of nitrogens with one attached hydrogen (secondary N) is 1. The fraction of sp³-hybridized carbons (Fsp3) is 0.421. The van der Waals surface area contributed by atoms with Gasteiger partial charge in [-0.3, -0.25) is 19.3 Å². The van der Waals surface area contributed by atoms with E-state index in [1.54, 1.807) is 0 Å². The Morgan fingerprint density at radius 3 is 2.25 bits per heavy atom. The van der Waals surface area contributed by atoms with Crippen molar-refractivity contribution in [2.24, 2.45) is 23.7 Å². The van der Waals surface area contributed by atoms with Crippen molar-refractivity contribution in [2.45, 2.75) is 19.8 Å². The highest BCUT2D eigenvalue weighted by atomic mass is 16.2. The average Bonchev–Trinajstić information content (AvgIpc) is 3.23. The highest BCUT2D eigenvalue weighted by Gasteiger charge is 2.58. The molecule has 1 heterocycles. The summed E-state index contributed by atoms with van der Waals surface area (Å²) in [5, 5.41) is 2.80. The largest absolute Gasteiger partial charge is 0.326 e. The molecule has 2 fully saturated rings. The van der Waals surface area contributed by atoms with Crippen LogP contribution >= 0.6 is 0 Å². The van der Waals surface area contributed by atoms with Gasteiger partial charge in [-0.25, -0.2) is 0 Å². The molecule has 1 N–H and O–H groups in total. The standard InChI is InChI=1S/C19H20N2O3/c1-11-2-6-14(7-3-11)20-15(22)8-9-21-18(23)16-12-4-5-13(10-12)17(16)19(21)24/h2-7,12-13,16-17H,8-10H2,1H3,(H,20,22)/t12-,13+,16-,17+. The molecule has 0 aromatic heterocycles. The maximum Gasteiger partial charge on any atom is 0.233 e. The third kappa shape index (κ3) is 2.35. The van der Waals surface area contributed by atoms with E-state index in [1.165, 1.54) is 4.90 Å². The number of imide groups is 1. The molecule has 24 heavy (non-hydrogen) atoms. The summed E-state index contributed by atoms with van der Waals surface area (Å²) >= 11 is 0. The lowest BCUT2D eigenvalue weighted by Gasteiger charge is -2.16. The van der Waals surface area contributed by atoms with Crippen molar-refractivity contribution < 1.29 is 14.4 Å². The Bertz CT molecular complexity index is 707. The Morgan fingerprint density at radius 1 is 1.08 bits per heavy atom. The van der Waals surface area contributed by atoms with E-state index < -0.39 is 0 Å². The monoisotopic (exact) mass is 324 g/mol. The van der Waals surface area contributed by atoms with Gasteiger partial charge < -0.3 is 5.32 Å². The average molecular weight is 324 g/mol. The summed E-state index contributed by atoms with van der Waals surface area (Å²) in [7, 11) is 0. The third-order valence-corrected chi connectivity index (χ3v) is 5.46. The minimum Gasteiger partial charge on any atom is -0.326 e. The quantitative estimate of drug-likeness (QED) is 0.681. The lowest BCUT2D eigenvalue weighted by molar-refractivity contribution is -0.140. The Balaban J connectivity index is 1.36. The highest BCUT2D eigenvalue weighted by Crippen LogP contribution is 2.52. The molecular formula is C19H20N2O3. The number of rotatable bonds is 4. The smallest absolute Gasteiger partial charge is 0.233 e. The molecule has 1 saturated heterocycles. The van der Waals surface area contributed by atoms with Gasteiger partial charge in [0, 0.05) is 18.7 Å². The molecule has 2 bridgehead atoms. The minimum atomic E-state index is -0.187. The first-order valence-corrected chi connectivity index (χ1v) is 8.44. The number of aryl methyl sites for hydroxylation is 1. The number of amides is 3. The summed E-state index contributed by atoms with van der Waals surface area (Å²) in [6.45, 7) is 2.15. The van der Waals surface area contributed by atoms with Gasteiger partial charge in [0.1, 0.15) is 0 Å². The van der Waals surface area contributed by atoms with Crippen LogP contribution in [0.5, 0.6) is 0 Å². The van der Waals surface area contributed by atoms with Crippen LogP contribution < -0.4 is 5.32 Å². The Hall–Kier alpha value is -2.43. The number of likely N-dealkylation sites (tertiary alicyclic amines) is 1. The molecule has 3 aliphatic rings. The molecule has 4 atom stereocenters. The summed E-state index contributed by atoms with van der Waals surface area (Å²) in [6.07, 6.45) is 5.21. The summed E-state index contributed by atoms with van der Waals surface area (Å²) in [5.41, 5.74) is 1.85. The fourth-order valence-corrected chi connectivity index (χ4v) is 4.26. The number of allylic oxidation sites excluding steroid dienone is 2. The predicted octanol–water partition coefficient (Wildman–Crippen LogP) is 2.13. The summed E-state index contributed by atoms with van der Waals surface area (Å²) in [5.74, 6) is -0.321. The fourth-order valence-electron chi connectivity index (χ4n) is 4.26. The molecule has 3 amide bonds. The van der Waals surface area contributed by atoms with E-state index in [4.69, 9.17) is 0 Å². The van der Waals surface area contributed by atoms with Gasteiger partial charge in [-0.15, -0.1) is 0 Å². The van der Waals surface area contributed by atoms with E-state index in [-0.39, 0.29) is 54.4 Å². The van der Waals surface area contributed by atoms with Crippen molar-refractivity contribution in [3.63, 3.8) is 0 Å². The van der Waals surface area contributed by atoms with E-state index in [2.05, 4.69) is 17.5 Å². The van der Waals surface area contributed by atoms with Gasteiger partial charge in [-0.1, -0.05) is 29.8 Å². The molecule has 0 unspecified atom stereocenters. The minimum absolute atomic E-state index is 0.0926. The van der Waals surface area contributed by atoms with Gasteiger partial charge in [-0.05, 0) is 37.3 Å². The second-order valence-electron chi connectivity index (χ2n) is 6.99. The van der Waals surface area contributed by atoms with Gasteiger partial charge in [0.2, 0.25) is 17.7 Å². The van der Waals surface area contributed by atoms with Crippen molar-refractivity contribution >= 4 is 23.4 Å². The second kappa shape index (κ2) is 5.58. The molecule has 124 valence electrons. The highest BCUT2D eigenvalue weighted by molar-refractivity contribution is 6.06. The summed E-state index contributed by atoms with van der Waals surface area (Å²) in [4.78, 5) is 38.5. The summed E-state index contributed by atoms with van der Waals surface area (Å²) < 4.78 is 0. The zero-order chi connectivity index (χ0) is 16.8. The number of nitrogens with zero attached hydrogens (tertiary/aromatic N) is 1. The lowest BCUT2D eigenvalue weighted by Crippen LogP contribution is -2.35. The van der Waals surface area contributed by atoms with Crippen molar-refractivity contribution in [3.05, 3.63) is 42.0 Å². The molecule has 2 aliphatic carbocycles. The number of fused-ring (bicyclic) bond motifs is 5. The Morgan fingerprint density at radius 2 is 1.67 bits per heavy atom. The maximum atomic E-state index is 12.5. The van der Waals surface area contributed by atoms with Gasteiger partial charge in [-0.2, -0.15) is 0 Å². The number of anilines is 1. The van der Waals surface area contributed by atoms with Gasteiger partial charge in [0.25, 0.3) is 0 Å². The van der Waals surface area contributed by atoms with Crippen LogP contribution in [-0.4, -0.2) is 29.2 Å². The molecule has 0 spiro atoms. The lowest BCUT2D eigenvalue weighted by atomic mass is 9.85. The van der Waals surface area contributed by atoms with E-state index in [1.807, 2.05) is 31.2 Å². The van der Waals surface area contributed by atoms with Crippen LogP contribution in [0.15, 0.2) is 36.4 Å². The number of hydrogen-bond donors (Lipinski definition) is 1. The van der Waals surface area contributed by atoms with Gasteiger partial charge in [0.05, 0.1) is 11.8 Å². The van der Waals surface area contributed by atoms with Crippen LogP contribution in [0.2, 0.25) is 0 Å². The molecule has 0 radical (unpaired) electrons. The van der Waals surface area contributed by atoms with Crippen LogP contribution in [0.3, 0.4) is 0 Å². The first kappa shape index (κ1) is 15.1. The molecular weight excluding hydrogens is 304 g/mol. The molecule has 4 rings (SSSR count). The van der Waals surface area contributed by atoms with E-state index in [0.717, 1.165) is 17.7 Å². The second-order valence-corrected chi connectivity index (χ2v) is 6.99. The van der Waals surface area contributed by atoms with E-state index in [0.29, 0.717) is 0 Å². The third-order valence-electron chi connectivity index (χ3n) is 5.46. The van der Waals surface area contributed by atoms with Gasteiger partial charge >= 0.3 is 0 Å². The number of carbonyl (C=O) groups excluding carboxylic acids is 3. The van der Waals surface area contributed by atoms with Gasteiger partial charge in [0.15, 0.2) is 0 Å².